The fourth-order valence-corrected chi connectivity index (χ4v) is 5.34. The van der Waals surface area contributed by atoms with Gasteiger partial charge >= 0.3 is 0 Å². The minimum Gasteiger partial charge on any atom is -0.378 e. The van der Waals surface area contributed by atoms with Crippen LogP contribution in [0.15, 0.2) is 24.3 Å². The molecule has 0 amide bonds. The second-order valence-corrected chi connectivity index (χ2v) is 9.81. The molecule has 2 aliphatic carbocycles. The van der Waals surface area contributed by atoms with Crippen molar-refractivity contribution in [1.82, 2.24) is 0 Å². The highest BCUT2D eigenvalue weighted by Gasteiger charge is 2.23. The Labute approximate surface area is 174 Å². The average Bonchev–Trinajstić information content (AvgIpc) is 2.74. The molecule has 1 aromatic carbocycles. The van der Waals surface area contributed by atoms with Crippen LogP contribution in [0.5, 0.6) is 0 Å². The minimum absolute atomic E-state index is 0.524. The van der Waals surface area contributed by atoms with Crippen molar-refractivity contribution in [1.29, 1.82) is 0 Å². The Kier molecular flexibility index (Phi) is 9.38. The lowest BCUT2D eigenvalue weighted by Crippen LogP contribution is -2.21. The maximum absolute atomic E-state index is 6.25. The van der Waals surface area contributed by atoms with Gasteiger partial charge in [-0.2, -0.15) is 0 Å². The molecule has 0 N–H and O–H groups in total. The number of rotatable bonds is 10. The van der Waals surface area contributed by atoms with Crippen LogP contribution in [0.2, 0.25) is 0 Å². The molecule has 0 aliphatic heterocycles. The molecule has 2 saturated carbocycles. The second kappa shape index (κ2) is 12.0. The molecule has 0 unspecified atom stereocenters. The van der Waals surface area contributed by atoms with Gasteiger partial charge in [-0.1, -0.05) is 76.6 Å². The average molecular weight is 385 g/mol. The van der Waals surface area contributed by atoms with E-state index in [9.17, 15) is 0 Å². The van der Waals surface area contributed by atoms with Crippen LogP contribution in [0.1, 0.15) is 114 Å². The molecule has 1 nitrogen and oxygen atoms in total. The Bertz CT molecular complexity index is 518. The van der Waals surface area contributed by atoms with Crippen molar-refractivity contribution >= 4 is 0 Å². The first kappa shape index (κ1) is 21.9. The summed E-state index contributed by atoms with van der Waals surface area (Å²) >= 11 is 0. The van der Waals surface area contributed by atoms with Gasteiger partial charge in [0, 0.05) is 6.61 Å². The quantitative estimate of drug-likeness (QED) is 0.370. The molecule has 0 radical (unpaired) electrons. The topological polar surface area (TPSA) is 9.23 Å². The highest BCUT2D eigenvalue weighted by Crippen LogP contribution is 2.35. The molecule has 0 heterocycles. The molecule has 2 aliphatic rings. The Hall–Kier alpha value is -0.820. The zero-order valence-electron chi connectivity index (χ0n) is 18.6. The van der Waals surface area contributed by atoms with Gasteiger partial charge < -0.3 is 4.74 Å². The highest BCUT2D eigenvalue weighted by atomic mass is 16.5. The van der Waals surface area contributed by atoms with E-state index < -0.39 is 0 Å². The summed E-state index contributed by atoms with van der Waals surface area (Å²) in [7, 11) is 0. The molecule has 0 bridgehead atoms. The molecule has 1 aromatic rings. The third kappa shape index (κ3) is 7.21. The first-order valence-corrected chi connectivity index (χ1v) is 12.4. The standard InChI is InChI=1S/C27H44O/c1-3-4-5-7-23-13-15-25(16-14-23)26-17-19-27(20-18-26)28-21-6-8-24-11-9-22(2)10-12-24/h13-16,22,24,26-27H,3-12,17-21H2,1-2H3/t22-,24-,26-,27-. The van der Waals surface area contributed by atoms with Crippen LogP contribution in [0.25, 0.3) is 0 Å². The van der Waals surface area contributed by atoms with Crippen LogP contribution >= 0.6 is 0 Å². The van der Waals surface area contributed by atoms with Gasteiger partial charge in [-0.05, 0) is 80.2 Å². The molecule has 3 rings (SSSR count). The van der Waals surface area contributed by atoms with E-state index in [-0.39, 0.29) is 0 Å². The Balaban J connectivity index is 1.29. The predicted molar refractivity (Wildman–Crippen MR) is 121 cm³/mol. The third-order valence-electron chi connectivity index (χ3n) is 7.44. The molecule has 0 saturated heterocycles. The van der Waals surface area contributed by atoms with Crippen molar-refractivity contribution in [2.75, 3.05) is 6.61 Å². The molecule has 1 heteroatoms. The van der Waals surface area contributed by atoms with Gasteiger partial charge in [-0.15, -0.1) is 0 Å². The summed E-state index contributed by atoms with van der Waals surface area (Å²) in [6.45, 7) is 5.69. The maximum atomic E-state index is 6.25. The predicted octanol–water partition coefficient (Wildman–Crippen LogP) is 8.07. The Morgan fingerprint density at radius 2 is 1.54 bits per heavy atom. The monoisotopic (exact) mass is 384 g/mol. The van der Waals surface area contributed by atoms with Crippen molar-refractivity contribution in [3.63, 3.8) is 0 Å². The van der Waals surface area contributed by atoms with E-state index in [1.807, 2.05) is 0 Å². The van der Waals surface area contributed by atoms with Crippen molar-refractivity contribution in [2.45, 2.75) is 116 Å². The lowest BCUT2D eigenvalue weighted by Gasteiger charge is -2.29. The van der Waals surface area contributed by atoms with Crippen LogP contribution < -0.4 is 0 Å². The Morgan fingerprint density at radius 1 is 0.821 bits per heavy atom. The SMILES string of the molecule is CCCCCc1ccc([C@H]2CC[C@H](OCCC[C@H]3CC[C@H](C)CC3)CC2)cc1. The minimum atomic E-state index is 0.524. The maximum Gasteiger partial charge on any atom is 0.0575 e. The van der Waals surface area contributed by atoms with Crippen molar-refractivity contribution in [3.05, 3.63) is 35.4 Å². The first-order chi connectivity index (χ1) is 13.7. The summed E-state index contributed by atoms with van der Waals surface area (Å²) in [5.41, 5.74) is 3.07. The van der Waals surface area contributed by atoms with E-state index in [1.54, 1.807) is 5.56 Å². The lowest BCUT2D eigenvalue weighted by atomic mass is 9.81. The number of aryl methyl sites for hydroxylation is 1. The number of unbranched alkanes of at least 4 members (excludes halogenated alkanes) is 2. The summed E-state index contributed by atoms with van der Waals surface area (Å²) in [5.74, 6) is 2.72. The third-order valence-corrected chi connectivity index (χ3v) is 7.44. The van der Waals surface area contributed by atoms with Crippen LogP contribution in [0.3, 0.4) is 0 Å². The molecule has 0 atom stereocenters. The van der Waals surface area contributed by atoms with E-state index in [1.165, 1.54) is 95.5 Å². The molecule has 158 valence electrons. The van der Waals surface area contributed by atoms with Gasteiger partial charge in [-0.3, -0.25) is 0 Å². The zero-order chi connectivity index (χ0) is 19.6. The van der Waals surface area contributed by atoms with Crippen molar-refractivity contribution in [2.24, 2.45) is 11.8 Å². The summed E-state index contributed by atoms with van der Waals surface area (Å²) in [4.78, 5) is 0. The van der Waals surface area contributed by atoms with Crippen LogP contribution in [-0.2, 0) is 11.2 Å². The fourth-order valence-electron chi connectivity index (χ4n) is 5.34. The second-order valence-electron chi connectivity index (χ2n) is 9.81. The van der Waals surface area contributed by atoms with Gasteiger partial charge in [-0.25, -0.2) is 0 Å². The van der Waals surface area contributed by atoms with Crippen LogP contribution in [0, 0.1) is 11.8 Å². The normalized spacial score (nSPS) is 28.4. The fraction of sp³-hybridized carbons (Fsp3) is 0.778. The number of hydrogen-bond acceptors (Lipinski definition) is 1. The van der Waals surface area contributed by atoms with Gasteiger partial charge in [0.25, 0.3) is 0 Å². The van der Waals surface area contributed by atoms with Gasteiger partial charge in [0.2, 0.25) is 0 Å². The number of hydrogen-bond donors (Lipinski definition) is 0. The smallest absolute Gasteiger partial charge is 0.0575 e. The van der Waals surface area contributed by atoms with E-state index in [4.69, 9.17) is 4.74 Å². The van der Waals surface area contributed by atoms with Crippen molar-refractivity contribution < 1.29 is 4.74 Å². The highest BCUT2D eigenvalue weighted by molar-refractivity contribution is 5.26. The number of ether oxygens (including phenoxy) is 1. The summed E-state index contributed by atoms with van der Waals surface area (Å²) in [5, 5.41) is 0. The van der Waals surface area contributed by atoms with Crippen molar-refractivity contribution in [3.8, 4) is 0 Å². The van der Waals surface area contributed by atoms with Crippen LogP contribution in [-0.4, -0.2) is 12.7 Å². The molecule has 28 heavy (non-hydrogen) atoms. The molecule has 0 aromatic heterocycles. The largest absolute Gasteiger partial charge is 0.378 e. The van der Waals surface area contributed by atoms with Gasteiger partial charge in [0.05, 0.1) is 6.10 Å². The van der Waals surface area contributed by atoms with Crippen LogP contribution in [0.4, 0.5) is 0 Å². The van der Waals surface area contributed by atoms with E-state index in [0.717, 1.165) is 24.4 Å². The molecular weight excluding hydrogens is 340 g/mol. The summed E-state index contributed by atoms with van der Waals surface area (Å²) in [6.07, 6.45) is 19.4. The van der Waals surface area contributed by atoms with Gasteiger partial charge in [0.1, 0.15) is 0 Å². The van der Waals surface area contributed by atoms with Gasteiger partial charge in [0.15, 0.2) is 0 Å². The summed E-state index contributed by atoms with van der Waals surface area (Å²) < 4.78 is 6.25. The zero-order valence-corrected chi connectivity index (χ0v) is 18.6. The Morgan fingerprint density at radius 3 is 2.21 bits per heavy atom. The van der Waals surface area contributed by atoms with E-state index in [0.29, 0.717) is 6.10 Å². The number of benzene rings is 1. The first-order valence-electron chi connectivity index (χ1n) is 12.4. The summed E-state index contributed by atoms with van der Waals surface area (Å²) in [6, 6.07) is 9.55. The molecular formula is C27H44O. The van der Waals surface area contributed by atoms with E-state index in [2.05, 4.69) is 38.1 Å². The molecule has 2 fully saturated rings. The molecule has 0 spiro atoms. The lowest BCUT2D eigenvalue weighted by molar-refractivity contribution is 0.0205. The van der Waals surface area contributed by atoms with E-state index >= 15 is 0 Å².